The number of benzene rings is 2. The topological polar surface area (TPSA) is 47.6 Å². The third kappa shape index (κ3) is 3.31. The molecule has 0 fully saturated rings. The molecule has 1 heterocycles. The van der Waals surface area contributed by atoms with Crippen LogP contribution in [0.15, 0.2) is 30.3 Å². The smallest absolute Gasteiger partial charge is 0.256 e. The van der Waals surface area contributed by atoms with E-state index in [0.717, 1.165) is 28.8 Å². The van der Waals surface area contributed by atoms with Crippen LogP contribution in [0.1, 0.15) is 33.5 Å². The van der Waals surface area contributed by atoms with Gasteiger partial charge in [-0.25, -0.2) is 0 Å². The first-order chi connectivity index (χ1) is 11.0. The molecule has 2 aromatic rings. The zero-order chi connectivity index (χ0) is 16.4. The van der Waals surface area contributed by atoms with Gasteiger partial charge in [-0.2, -0.15) is 0 Å². The summed E-state index contributed by atoms with van der Waals surface area (Å²) in [7, 11) is 0. The van der Waals surface area contributed by atoms with Gasteiger partial charge in [-0.05, 0) is 55.7 Å². The second-order valence-corrected chi connectivity index (χ2v) is 5.94. The summed E-state index contributed by atoms with van der Waals surface area (Å²) < 4.78 is 11.3. The van der Waals surface area contributed by atoms with Crippen molar-refractivity contribution in [3.63, 3.8) is 0 Å². The molecular formula is C19H21NO3. The molecule has 1 aliphatic heterocycles. The molecule has 2 aromatic carbocycles. The largest absolute Gasteiger partial charge is 0.490 e. The van der Waals surface area contributed by atoms with Gasteiger partial charge in [0.2, 0.25) is 0 Å². The highest BCUT2D eigenvalue weighted by atomic mass is 16.5. The lowest BCUT2D eigenvalue weighted by Crippen LogP contribution is -2.14. The first-order valence-corrected chi connectivity index (χ1v) is 7.83. The monoisotopic (exact) mass is 311 g/mol. The fourth-order valence-electron chi connectivity index (χ4n) is 2.62. The summed E-state index contributed by atoms with van der Waals surface area (Å²) in [5.74, 6) is 1.22. The summed E-state index contributed by atoms with van der Waals surface area (Å²) in [6, 6.07) is 9.66. The van der Waals surface area contributed by atoms with E-state index in [9.17, 15) is 4.79 Å². The Hall–Kier alpha value is -2.49. The fourth-order valence-corrected chi connectivity index (χ4v) is 2.62. The minimum Gasteiger partial charge on any atom is -0.490 e. The van der Waals surface area contributed by atoms with Gasteiger partial charge in [-0.15, -0.1) is 0 Å². The van der Waals surface area contributed by atoms with Gasteiger partial charge in [0.25, 0.3) is 5.91 Å². The van der Waals surface area contributed by atoms with Gasteiger partial charge < -0.3 is 14.8 Å². The molecule has 0 saturated heterocycles. The third-order valence-corrected chi connectivity index (χ3v) is 3.98. The second-order valence-electron chi connectivity index (χ2n) is 5.94. The van der Waals surface area contributed by atoms with Gasteiger partial charge in [0.15, 0.2) is 11.5 Å². The number of hydrogen-bond acceptors (Lipinski definition) is 3. The van der Waals surface area contributed by atoms with Crippen LogP contribution in [-0.2, 0) is 0 Å². The van der Waals surface area contributed by atoms with Crippen LogP contribution in [0.5, 0.6) is 11.5 Å². The number of ether oxygens (including phenoxy) is 2. The number of aryl methyl sites for hydroxylation is 3. The lowest BCUT2D eigenvalue weighted by atomic mass is 10.1. The van der Waals surface area contributed by atoms with E-state index >= 15 is 0 Å². The van der Waals surface area contributed by atoms with E-state index in [0.29, 0.717) is 30.3 Å². The highest BCUT2D eigenvalue weighted by Gasteiger charge is 2.17. The molecule has 0 radical (unpaired) electrons. The van der Waals surface area contributed by atoms with Crippen LogP contribution in [0.25, 0.3) is 0 Å². The zero-order valence-corrected chi connectivity index (χ0v) is 13.7. The molecule has 0 saturated carbocycles. The van der Waals surface area contributed by atoms with Crippen molar-refractivity contribution in [3.05, 3.63) is 52.6 Å². The quantitative estimate of drug-likeness (QED) is 0.911. The SMILES string of the molecule is Cc1ccc(C)c(NC(=O)c2cc3c(cc2C)OCCCO3)c1. The molecule has 1 aliphatic rings. The van der Waals surface area contributed by atoms with Crippen molar-refractivity contribution >= 4 is 11.6 Å². The highest BCUT2D eigenvalue weighted by Crippen LogP contribution is 2.33. The van der Waals surface area contributed by atoms with Gasteiger partial charge in [-0.3, -0.25) is 4.79 Å². The molecule has 0 bridgehead atoms. The summed E-state index contributed by atoms with van der Waals surface area (Å²) in [5.41, 5.74) is 4.46. The average molecular weight is 311 g/mol. The lowest BCUT2D eigenvalue weighted by molar-refractivity contribution is 0.102. The van der Waals surface area contributed by atoms with E-state index in [-0.39, 0.29) is 5.91 Å². The summed E-state index contributed by atoms with van der Waals surface area (Å²) in [6.45, 7) is 7.14. The molecule has 4 heteroatoms. The Morgan fingerprint density at radius 3 is 2.39 bits per heavy atom. The Morgan fingerprint density at radius 2 is 1.65 bits per heavy atom. The number of rotatable bonds is 2. The maximum Gasteiger partial charge on any atom is 0.256 e. The van der Waals surface area contributed by atoms with Crippen LogP contribution < -0.4 is 14.8 Å². The summed E-state index contributed by atoms with van der Waals surface area (Å²) in [6.07, 6.45) is 0.845. The Bertz CT molecular complexity index is 753. The Kier molecular flexibility index (Phi) is 4.24. The van der Waals surface area contributed by atoms with Crippen LogP contribution in [0, 0.1) is 20.8 Å². The Labute approximate surface area is 136 Å². The molecule has 1 amide bonds. The normalized spacial score (nSPS) is 13.3. The summed E-state index contributed by atoms with van der Waals surface area (Å²) in [5, 5.41) is 3.00. The van der Waals surface area contributed by atoms with Gasteiger partial charge in [0.05, 0.1) is 13.2 Å². The van der Waals surface area contributed by atoms with Crippen LogP contribution in [0.4, 0.5) is 5.69 Å². The minimum atomic E-state index is -0.133. The fraction of sp³-hybridized carbons (Fsp3) is 0.316. The first-order valence-electron chi connectivity index (χ1n) is 7.83. The van der Waals surface area contributed by atoms with Crippen molar-refractivity contribution < 1.29 is 14.3 Å². The third-order valence-electron chi connectivity index (χ3n) is 3.98. The molecule has 0 aromatic heterocycles. The second kappa shape index (κ2) is 6.32. The van der Waals surface area contributed by atoms with E-state index in [1.807, 2.05) is 45.0 Å². The average Bonchev–Trinajstić information content (AvgIpc) is 2.74. The minimum absolute atomic E-state index is 0.133. The van der Waals surface area contributed by atoms with Crippen LogP contribution in [0.2, 0.25) is 0 Å². The molecule has 4 nitrogen and oxygen atoms in total. The molecule has 23 heavy (non-hydrogen) atoms. The number of carbonyl (C=O) groups is 1. The van der Waals surface area contributed by atoms with Crippen molar-refractivity contribution in [2.45, 2.75) is 27.2 Å². The van der Waals surface area contributed by atoms with Crippen LogP contribution in [-0.4, -0.2) is 19.1 Å². The number of nitrogens with one attached hydrogen (secondary N) is 1. The molecule has 0 spiro atoms. The number of hydrogen-bond donors (Lipinski definition) is 1. The number of carbonyl (C=O) groups excluding carboxylic acids is 1. The van der Waals surface area contributed by atoms with Crippen molar-refractivity contribution in [2.24, 2.45) is 0 Å². The maximum atomic E-state index is 12.7. The molecule has 0 unspecified atom stereocenters. The molecule has 0 aliphatic carbocycles. The van der Waals surface area contributed by atoms with Gasteiger partial charge in [-0.1, -0.05) is 12.1 Å². The van der Waals surface area contributed by atoms with Crippen LogP contribution in [0.3, 0.4) is 0 Å². The van der Waals surface area contributed by atoms with Crippen molar-refractivity contribution in [1.82, 2.24) is 0 Å². The number of amides is 1. The van der Waals surface area contributed by atoms with Gasteiger partial charge >= 0.3 is 0 Å². The molecule has 0 atom stereocenters. The summed E-state index contributed by atoms with van der Waals surface area (Å²) in [4.78, 5) is 12.7. The molecule has 1 N–H and O–H groups in total. The van der Waals surface area contributed by atoms with E-state index < -0.39 is 0 Å². The van der Waals surface area contributed by atoms with E-state index in [2.05, 4.69) is 5.32 Å². The molecular weight excluding hydrogens is 290 g/mol. The van der Waals surface area contributed by atoms with E-state index in [1.54, 1.807) is 6.07 Å². The molecule has 120 valence electrons. The zero-order valence-electron chi connectivity index (χ0n) is 13.7. The predicted molar refractivity (Wildman–Crippen MR) is 90.7 cm³/mol. The van der Waals surface area contributed by atoms with Crippen LogP contribution >= 0.6 is 0 Å². The summed E-state index contributed by atoms with van der Waals surface area (Å²) >= 11 is 0. The van der Waals surface area contributed by atoms with E-state index in [4.69, 9.17) is 9.47 Å². The van der Waals surface area contributed by atoms with Crippen molar-refractivity contribution in [3.8, 4) is 11.5 Å². The first kappa shape index (κ1) is 15.4. The standard InChI is InChI=1S/C19H21NO3/c1-12-5-6-13(2)16(9-12)20-19(21)15-11-18-17(10-14(15)3)22-7-4-8-23-18/h5-6,9-11H,4,7-8H2,1-3H3,(H,20,21). The number of anilines is 1. The Balaban J connectivity index is 1.90. The van der Waals surface area contributed by atoms with Gasteiger partial charge in [0, 0.05) is 17.7 Å². The van der Waals surface area contributed by atoms with Crippen molar-refractivity contribution in [2.75, 3.05) is 18.5 Å². The van der Waals surface area contributed by atoms with Crippen molar-refractivity contribution in [1.29, 1.82) is 0 Å². The predicted octanol–water partition coefficient (Wildman–Crippen LogP) is 4.03. The van der Waals surface area contributed by atoms with E-state index in [1.165, 1.54) is 0 Å². The highest BCUT2D eigenvalue weighted by molar-refractivity contribution is 6.06. The lowest BCUT2D eigenvalue weighted by Gasteiger charge is -2.14. The maximum absolute atomic E-state index is 12.7. The Morgan fingerprint density at radius 1 is 0.957 bits per heavy atom. The van der Waals surface area contributed by atoms with Gasteiger partial charge in [0.1, 0.15) is 0 Å². The molecule has 3 rings (SSSR count). The number of fused-ring (bicyclic) bond motifs is 1.